The number of benzene rings is 2. The second-order valence-electron chi connectivity index (χ2n) is 4.90. The zero-order chi connectivity index (χ0) is 17.4. The minimum Gasteiger partial charge on any atom is -0.337 e. The molecule has 5 nitrogen and oxygen atoms in total. The lowest BCUT2D eigenvalue weighted by Crippen LogP contribution is -2.44. The molecule has 0 atom stereocenters. The lowest BCUT2D eigenvalue weighted by atomic mass is 9.98. The topological polar surface area (TPSA) is 70.2 Å². The van der Waals surface area contributed by atoms with Gasteiger partial charge in [-0.25, -0.2) is 0 Å². The van der Waals surface area contributed by atoms with Crippen LogP contribution < -0.4 is 16.2 Å². The van der Waals surface area contributed by atoms with E-state index in [2.05, 4.69) is 16.2 Å². The van der Waals surface area contributed by atoms with Crippen molar-refractivity contribution >= 4 is 34.6 Å². The zero-order valence-electron chi connectivity index (χ0n) is 13.1. The molecule has 0 fully saturated rings. The van der Waals surface area contributed by atoms with Gasteiger partial charge in [0.15, 0.2) is 10.9 Å². The van der Waals surface area contributed by atoms with Gasteiger partial charge in [0.05, 0.1) is 0 Å². The van der Waals surface area contributed by atoms with Crippen LogP contribution in [0.2, 0.25) is 0 Å². The molecule has 0 aliphatic carbocycles. The van der Waals surface area contributed by atoms with E-state index >= 15 is 0 Å². The Morgan fingerprint density at radius 3 is 1.96 bits per heavy atom. The fraction of sp³-hybridized carbons (Fsp3) is 0.0556. The van der Waals surface area contributed by atoms with Crippen LogP contribution in [0.4, 0.5) is 0 Å². The summed E-state index contributed by atoms with van der Waals surface area (Å²) in [6.07, 6.45) is 1.53. The molecule has 0 saturated heterocycles. The molecular weight excluding hydrogens is 322 g/mol. The predicted octanol–water partition coefficient (Wildman–Crippen LogP) is 2.43. The van der Waals surface area contributed by atoms with Crippen LogP contribution in [-0.4, -0.2) is 16.8 Å². The minimum absolute atomic E-state index is 0.128. The molecule has 24 heavy (non-hydrogen) atoms. The molecule has 0 radical (unpaired) electrons. The summed E-state index contributed by atoms with van der Waals surface area (Å²) in [5.74, 6) is -0.400. The number of nitrogens with one attached hydrogen (secondary N) is 3. The maximum absolute atomic E-state index is 12.8. The summed E-state index contributed by atoms with van der Waals surface area (Å²) in [5, 5.41) is 2.99. The molecule has 0 saturated carbocycles. The van der Waals surface area contributed by atoms with E-state index in [1.54, 1.807) is 12.1 Å². The first kappa shape index (κ1) is 17.4. The third-order valence-corrected chi connectivity index (χ3v) is 3.28. The largest absolute Gasteiger partial charge is 0.337 e. The van der Waals surface area contributed by atoms with E-state index in [-0.39, 0.29) is 16.8 Å². The molecule has 0 spiro atoms. The third-order valence-electron chi connectivity index (χ3n) is 3.07. The number of amides is 1. The molecular formula is C18H17N3O2S. The van der Waals surface area contributed by atoms with E-state index in [0.717, 1.165) is 5.56 Å². The van der Waals surface area contributed by atoms with Gasteiger partial charge in [-0.15, -0.1) is 0 Å². The van der Waals surface area contributed by atoms with Crippen molar-refractivity contribution in [2.45, 2.75) is 6.92 Å². The summed E-state index contributed by atoms with van der Waals surface area (Å²) < 4.78 is 0. The Morgan fingerprint density at radius 2 is 1.42 bits per heavy atom. The summed E-state index contributed by atoms with van der Waals surface area (Å²) in [6, 6.07) is 18.3. The first-order valence-corrected chi connectivity index (χ1v) is 7.67. The van der Waals surface area contributed by atoms with Crippen LogP contribution in [0.15, 0.2) is 66.9 Å². The molecule has 2 aromatic rings. The summed E-state index contributed by atoms with van der Waals surface area (Å²) in [6.45, 7) is 1.36. The van der Waals surface area contributed by atoms with E-state index in [1.807, 2.05) is 48.5 Å². The quantitative estimate of drug-likeness (QED) is 0.345. The molecule has 6 heteroatoms. The second kappa shape index (κ2) is 8.59. The molecule has 1 amide bonds. The van der Waals surface area contributed by atoms with Gasteiger partial charge < -0.3 is 5.32 Å². The average Bonchev–Trinajstić information content (AvgIpc) is 2.61. The smallest absolute Gasteiger partial charge is 0.235 e. The number of carbonyl (C=O) groups excluding carboxylic acids is 2. The van der Waals surface area contributed by atoms with Gasteiger partial charge in [0.1, 0.15) is 0 Å². The van der Waals surface area contributed by atoms with E-state index in [0.29, 0.717) is 11.1 Å². The number of hydrazine groups is 1. The number of hydrogen-bond donors (Lipinski definition) is 3. The number of allylic oxidation sites excluding steroid dienone is 1. The molecule has 0 aliphatic heterocycles. The van der Waals surface area contributed by atoms with Gasteiger partial charge >= 0.3 is 0 Å². The van der Waals surface area contributed by atoms with Crippen LogP contribution in [-0.2, 0) is 4.79 Å². The van der Waals surface area contributed by atoms with Gasteiger partial charge in [0.25, 0.3) is 0 Å². The number of rotatable bonds is 4. The Hall–Kier alpha value is -2.99. The van der Waals surface area contributed by atoms with E-state index in [4.69, 9.17) is 12.2 Å². The van der Waals surface area contributed by atoms with E-state index < -0.39 is 0 Å². The second-order valence-corrected chi connectivity index (χ2v) is 5.31. The Bertz CT molecular complexity index is 758. The highest BCUT2D eigenvalue weighted by Crippen LogP contribution is 2.19. The van der Waals surface area contributed by atoms with Crippen LogP contribution in [0.3, 0.4) is 0 Å². The van der Waals surface area contributed by atoms with Crippen LogP contribution in [0.5, 0.6) is 0 Å². The number of hydrogen-bond acceptors (Lipinski definition) is 3. The van der Waals surface area contributed by atoms with Crippen LogP contribution in [0.25, 0.3) is 5.57 Å². The minimum atomic E-state index is -0.272. The SMILES string of the molecule is CC(=O)NNC(=S)N/C=C(\C(=O)c1ccccc1)c1ccccc1. The van der Waals surface area contributed by atoms with Crippen LogP contribution >= 0.6 is 12.2 Å². The normalized spacial score (nSPS) is 10.6. The summed E-state index contributed by atoms with van der Waals surface area (Å²) in [7, 11) is 0. The molecule has 122 valence electrons. The summed E-state index contributed by atoms with van der Waals surface area (Å²) in [4.78, 5) is 23.7. The molecule has 0 aromatic heterocycles. The zero-order valence-corrected chi connectivity index (χ0v) is 13.9. The van der Waals surface area contributed by atoms with Crippen molar-refractivity contribution in [3.8, 4) is 0 Å². The highest BCUT2D eigenvalue weighted by molar-refractivity contribution is 7.80. The Balaban J connectivity index is 2.24. The van der Waals surface area contributed by atoms with Gasteiger partial charge in [-0.05, 0) is 17.8 Å². The van der Waals surface area contributed by atoms with Crippen molar-refractivity contribution in [1.82, 2.24) is 16.2 Å². The maximum Gasteiger partial charge on any atom is 0.235 e. The van der Waals surface area contributed by atoms with Crippen molar-refractivity contribution in [3.63, 3.8) is 0 Å². The van der Waals surface area contributed by atoms with E-state index in [1.165, 1.54) is 13.1 Å². The first-order chi connectivity index (χ1) is 11.6. The first-order valence-electron chi connectivity index (χ1n) is 7.26. The number of thiocarbonyl (C=S) groups is 1. The van der Waals surface area contributed by atoms with Gasteiger partial charge in [-0.2, -0.15) is 0 Å². The van der Waals surface area contributed by atoms with Gasteiger partial charge in [0, 0.05) is 24.3 Å². The summed E-state index contributed by atoms with van der Waals surface area (Å²) in [5.41, 5.74) is 6.71. The highest BCUT2D eigenvalue weighted by atomic mass is 32.1. The fourth-order valence-corrected chi connectivity index (χ4v) is 2.07. The monoisotopic (exact) mass is 339 g/mol. The molecule has 0 aliphatic rings. The van der Waals surface area contributed by atoms with Crippen molar-refractivity contribution in [2.24, 2.45) is 0 Å². The molecule has 0 unspecified atom stereocenters. The Kier molecular flexibility index (Phi) is 6.22. The fourth-order valence-electron chi connectivity index (χ4n) is 1.96. The lowest BCUT2D eigenvalue weighted by molar-refractivity contribution is -0.119. The van der Waals surface area contributed by atoms with Gasteiger partial charge in [0.2, 0.25) is 5.91 Å². The molecule has 3 N–H and O–H groups in total. The number of Topliss-reactive ketones (excluding diaryl/α,β-unsaturated/α-hetero) is 1. The average molecular weight is 339 g/mol. The van der Waals surface area contributed by atoms with Crippen LogP contribution in [0.1, 0.15) is 22.8 Å². The van der Waals surface area contributed by atoms with Crippen LogP contribution in [0, 0.1) is 0 Å². The standard InChI is InChI=1S/C18H17N3O2S/c1-13(22)20-21-18(24)19-12-16(14-8-4-2-5-9-14)17(23)15-10-6-3-7-11-15/h2-12H,1H3,(H,20,22)(H2,19,21,24)/b16-12-. The Morgan fingerprint density at radius 1 is 0.875 bits per heavy atom. The van der Waals surface area contributed by atoms with Crippen molar-refractivity contribution in [3.05, 3.63) is 78.0 Å². The molecule has 2 aromatic carbocycles. The number of ketones is 1. The van der Waals surface area contributed by atoms with Crippen molar-refractivity contribution in [1.29, 1.82) is 0 Å². The third kappa shape index (κ3) is 5.03. The van der Waals surface area contributed by atoms with Crippen molar-refractivity contribution < 1.29 is 9.59 Å². The Labute approximate surface area is 145 Å². The number of carbonyl (C=O) groups is 2. The van der Waals surface area contributed by atoms with Crippen molar-refractivity contribution in [2.75, 3.05) is 0 Å². The van der Waals surface area contributed by atoms with E-state index in [9.17, 15) is 9.59 Å². The molecule has 0 bridgehead atoms. The molecule has 0 heterocycles. The maximum atomic E-state index is 12.8. The molecule has 2 rings (SSSR count). The predicted molar refractivity (Wildman–Crippen MR) is 97.9 cm³/mol. The van der Waals surface area contributed by atoms with Gasteiger partial charge in [-0.3, -0.25) is 20.4 Å². The summed E-state index contributed by atoms with van der Waals surface area (Å²) >= 11 is 5.05. The lowest BCUT2D eigenvalue weighted by Gasteiger charge is -2.11. The highest BCUT2D eigenvalue weighted by Gasteiger charge is 2.14. The van der Waals surface area contributed by atoms with Gasteiger partial charge in [-0.1, -0.05) is 60.7 Å².